The summed E-state index contributed by atoms with van der Waals surface area (Å²) in [6.45, 7) is -0.0509. The molecule has 2 aromatic rings. The van der Waals surface area contributed by atoms with Gasteiger partial charge in [-0.25, -0.2) is 8.42 Å². The highest BCUT2D eigenvalue weighted by molar-refractivity contribution is 7.87. The van der Waals surface area contributed by atoms with E-state index in [0.717, 1.165) is 9.87 Å². The second kappa shape index (κ2) is 7.61. The Kier molecular flexibility index (Phi) is 5.04. The molecule has 0 amide bonds. The average molecular weight is 317 g/mol. The molecule has 2 aromatic carbocycles. The smallest absolute Gasteiger partial charge is 0.204 e. The molecular weight excluding hydrogens is 300 g/mol. The molecule has 0 bridgehead atoms. The second-order valence-corrected chi connectivity index (χ2v) is 6.12. The number of azide groups is 1. The van der Waals surface area contributed by atoms with Gasteiger partial charge in [-0.05, 0) is 23.1 Å². The molecule has 0 fully saturated rings. The van der Waals surface area contributed by atoms with E-state index in [1.54, 1.807) is 48.5 Å². The van der Waals surface area contributed by atoms with Crippen LogP contribution in [0, 0.1) is 0 Å². The normalized spacial score (nSPS) is 13.2. The quantitative estimate of drug-likeness (QED) is 0.446. The minimum absolute atomic E-state index is 0.0460. The fourth-order valence-electron chi connectivity index (χ4n) is 1.92. The van der Waals surface area contributed by atoms with E-state index in [4.69, 9.17) is 6.90 Å². The topological polar surface area (TPSA) is 86.1 Å². The van der Waals surface area contributed by atoms with E-state index in [1.165, 1.54) is 0 Å². The van der Waals surface area contributed by atoms with Crippen LogP contribution in [0.15, 0.2) is 65.2 Å². The van der Waals surface area contributed by atoms with Crippen molar-refractivity contribution < 1.29 is 9.79 Å². The van der Waals surface area contributed by atoms with Crippen LogP contribution in [0.4, 0.5) is 0 Å². The lowest BCUT2D eigenvalue weighted by Crippen LogP contribution is -2.30. The molecule has 0 saturated carbocycles. The van der Waals surface area contributed by atoms with Crippen molar-refractivity contribution in [2.75, 3.05) is 6.54 Å². The summed E-state index contributed by atoms with van der Waals surface area (Å²) >= 11 is 0. The van der Waals surface area contributed by atoms with E-state index in [9.17, 15) is 8.42 Å². The lowest BCUT2D eigenvalue weighted by Gasteiger charge is -2.19. The summed E-state index contributed by atoms with van der Waals surface area (Å²) in [4.78, 5) is 2.38. The van der Waals surface area contributed by atoms with Gasteiger partial charge < -0.3 is 0 Å². The Morgan fingerprint density at radius 1 is 1.05 bits per heavy atom. The van der Waals surface area contributed by atoms with E-state index in [1.807, 2.05) is 12.1 Å². The molecule has 0 radical (unpaired) electrons. The van der Waals surface area contributed by atoms with Gasteiger partial charge >= 0.3 is 10.2 Å². The summed E-state index contributed by atoms with van der Waals surface area (Å²) in [7, 11) is -4.15. The van der Waals surface area contributed by atoms with Crippen LogP contribution in [0.1, 0.15) is 12.5 Å². The van der Waals surface area contributed by atoms with Crippen molar-refractivity contribution in [1.82, 2.24) is 4.31 Å². The van der Waals surface area contributed by atoms with Crippen LogP contribution in [-0.2, 0) is 23.2 Å². The van der Waals surface area contributed by atoms with Crippen molar-refractivity contribution in [1.29, 1.82) is 0 Å². The lowest BCUT2D eigenvalue weighted by molar-refractivity contribution is 0.410. The van der Waals surface area contributed by atoms with Crippen LogP contribution in [0.25, 0.3) is 10.4 Å². The molecule has 0 heterocycles. The Morgan fingerprint density at radius 3 is 2.14 bits per heavy atom. The third-order valence-corrected chi connectivity index (χ3v) is 4.21. The predicted molar refractivity (Wildman–Crippen MR) is 85.1 cm³/mol. The summed E-state index contributed by atoms with van der Waals surface area (Å²) in [6, 6.07) is 17.9. The van der Waals surface area contributed by atoms with E-state index in [2.05, 4.69) is 9.43 Å². The number of rotatable bonds is 7. The number of benzene rings is 2. The second-order valence-electron chi connectivity index (χ2n) is 4.54. The van der Waals surface area contributed by atoms with Crippen molar-refractivity contribution in [2.24, 2.45) is 4.52 Å². The molecular formula is C15H16N4O2S. The zero-order valence-electron chi connectivity index (χ0n) is 12.8. The summed E-state index contributed by atoms with van der Waals surface area (Å²) in [5.41, 5.74) is 9.92. The molecule has 0 unspecified atom stereocenters. The molecule has 0 N–H and O–H groups in total. The first-order valence-electron chi connectivity index (χ1n) is 7.18. The SMILES string of the molecule is [2H][C@H](CN(Cc1ccccc1)S(=O)(=O)N=[N+]=[N-])c1ccccc1. The molecule has 0 saturated heterocycles. The summed E-state index contributed by atoms with van der Waals surface area (Å²) < 4.78 is 36.3. The van der Waals surface area contributed by atoms with Gasteiger partial charge in [0.05, 0.1) is 0 Å². The Morgan fingerprint density at radius 2 is 1.59 bits per heavy atom. The molecule has 6 nitrogen and oxygen atoms in total. The maximum Gasteiger partial charge on any atom is 0.302 e. The first-order chi connectivity index (χ1) is 11.0. The van der Waals surface area contributed by atoms with E-state index in [-0.39, 0.29) is 13.1 Å². The van der Waals surface area contributed by atoms with Gasteiger partial charge in [0, 0.05) is 23.9 Å². The van der Waals surface area contributed by atoms with Gasteiger partial charge in [0.25, 0.3) is 0 Å². The Hall–Kier alpha value is -2.34. The molecule has 0 spiro atoms. The zero-order valence-corrected chi connectivity index (χ0v) is 12.6. The van der Waals surface area contributed by atoms with Crippen LogP contribution < -0.4 is 0 Å². The number of nitrogens with zero attached hydrogens (tertiary/aromatic N) is 4. The van der Waals surface area contributed by atoms with E-state index < -0.39 is 16.6 Å². The number of hydrogen-bond donors (Lipinski definition) is 0. The minimum Gasteiger partial charge on any atom is -0.204 e. The molecule has 22 heavy (non-hydrogen) atoms. The molecule has 114 valence electrons. The maximum atomic E-state index is 12.1. The fraction of sp³-hybridized carbons (Fsp3) is 0.200. The average Bonchev–Trinajstić information content (AvgIpc) is 2.56. The number of hydrogen-bond acceptors (Lipinski definition) is 2. The Labute approximate surface area is 131 Å². The molecule has 0 aliphatic carbocycles. The largest absolute Gasteiger partial charge is 0.302 e. The standard InChI is InChI=1S/C15H16N4O2S/c16-17-18-22(20,21)19(13-15-9-5-2-6-10-15)12-11-14-7-3-1-4-8-14/h1-10H,11-13H2/i11D/t11-/m1/s1. The van der Waals surface area contributed by atoms with Gasteiger partial charge in [-0.1, -0.05) is 60.7 Å². The first kappa shape index (κ1) is 14.6. The molecule has 0 aromatic heterocycles. The Balaban J connectivity index is 2.25. The minimum atomic E-state index is -4.15. The van der Waals surface area contributed by atoms with Crippen molar-refractivity contribution in [3.8, 4) is 0 Å². The van der Waals surface area contributed by atoms with Crippen molar-refractivity contribution in [3.05, 3.63) is 82.2 Å². The third-order valence-electron chi connectivity index (χ3n) is 3.00. The monoisotopic (exact) mass is 317 g/mol. The molecule has 0 aliphatic heterocycles. The zero-order chi connectivity index (χ0) is 16.7. The lowest BCUT2D eigenvalue weighted by atomic mass is 10.1. The highest BCUT2D eigenvalue weighted by atomic mass is 32.2. The molecule has 0 aliphatic rings. The van der Waals surface area contributed by atoms with Crippen LogP contribution in [0.3, 0.4) is 0 Å². The van der Waals surface area contributed by atoms with E-state index >= 15 is 0 Å². The molecule has 1 atom stereocenters. The predicted octanol–water partition coefficient (Wildman–Crippen LogP) is 3.29. The van der Waals surface area contributed by atoms with Crippen molar-refractivity contribution in [2.45, 2.75) is 12.9 Å². The van der Waals surface area contributed by atoms with Crippen LogP contribution in [0.2, 0.25) is 0 Å². The van der Waals surface area contributed by atoms with Crippen molar-refractivity contribution in [3.63, 3.8) is 0 Å². The highest BCUT2D eigenvalue weighted by Crippen LogP contribution is 2.12. The summed E-state index contributed by atoms with van der Waals surface area (Å²) in [5, 5.41) is 0. The summed E-state index contributed by atoms with van der Waals surface area (Å²) in [6.07, 6.45) is -0.774. The first-order valence-corrected chi connectivity index (χ1v) is 8.00. The van der Waals surface area contributed by atoms with Crippen LogP contribution in [0.5, 0.6) is 0 Å². The van der Waals surface area contributed by atoms with E-state index in [0.29, 0.717) is 5.56 Å². The van der Waals surface area contributed by atoms with Gasteiger partial charge in [-0.2, -0.15) is 4.31 Å². The van der Waals surface area contributed by atoms with Gasteiger partial charge in [-0.3, -0.25) is 0 Å². The fourth-order valence-corrected chi connectivity index (χ4v) is 2.69. The molecule has 7 heteroatoms. The van der Waals surface area contributed by atoms with Crippen LogP contribution >= 0.6 is 0 Å². The van der Waals surface area contributed by atoms with Gasteiger partial charge in [0.15, 0.2) is 0 Å². The van der Waals surface area contributed by atoms with Crippen LogP contribution in [-0.4, -0.2) is 19.3 Å². The molecule has 2 rings (SSSR count). The Bertz CT molecular complexity index is 778. The van der Waals surface area contributed by atoms with Crippen molar-refractivity contribution >= 4 is 10.2 Å². The third kappa shape index (κ3) is 4.60. The summed E-state index contributed by atoms with van der Waals surface area (Å²) in [5.74, 6) is 0. The highest BCUT2D eigenvalue weighted by Gasteiger charge is 2.20. The maximum absolute atomic E-state index is 12.1. The van der Waals surface area contributed by atoms with Gasteiger partial charge in [0.2, 0.25) is 0 Å². The van der Waals surface area contributed by atoms with Gasteiger partial charge in [0.1, 0.15) is 0 Å². The van der Waals surface area contributed by atoms with Gasteiger partial charge in [-0.15, -0.1) is 0 Å².